The van der Waals surface area contributed by atoms with Crippen molar-refractivity contribution >= 4 is 0 Å². The molecule has 102 valence electrons. The third kappa shape index (κ3) is 2.75. The maximum absolute atomic E-state index is 9.51. The Balaban J connectivity index is 2.70. The second-order valence-electron chi connectivity index (χ2n) is 5.82. The lowest BCUT2D eigenvalue weighted by Crippen LogP contribution is -2.01. The number of nitrogens with zero attached hydrogens (tertiary/aromatic N) is 1. The van der Waals surface area contributed by atoms with Gasteiger partial charge in [-0.25, -0.2) is 0 Å². The van der Waals surface area contributed by atoms with Crippen LogP contribution in [0.5, 0.6) is 0 Å². The van der Waals surface area contributed by atoms with Gasteiger partial charge < -0.3 is 0 Å². The largest absolute Gasteiger partial charge is 0.192 e. The highest BCUT2D eigenvalue weighted by Crippen LogP contribution is 2.32. The summed E-state index contributed by atoms with van der Waals surface area (Å²) in [5.74, 6) is 0.705. The van der Waals surface area contributed by atoms with Crippen LogP contribution in [0.4, 0.5) is 0 Å². The number of benzene rings is 2. The fraction of sp³-hybridized carbons (Fsp3) is 0.316. The van der Waals surface area contributed by atoms with E-state index in [1.165, 1.54) is 11.1 Å². The summed E-state index contributed by atoms with van der Waals surface area (Å²) < 4.78 is 0. The van der Waals surface area contributed by atoms with Crippen molar-refractivity contribution in [2.45, 2.75) is 39.5 Å². The molecule has 2 aromatic rings. The maximum Gasteiger partial charge on any atom is 0.0997 e. The zero-order valence-corrected chi connectivity index (χ0v) is 12.6. The molecule has 0 aromatic heterocycles. The molecule has 0 unspecified atom stereocenters. The van der Waals surface area contributed by atoms with Gasteiger partial charge in [0.15, 0.2) is 0 Å². The van der Waals surface area contributed by atoms with Gasteiger partial charge in [-0.1, -0.05) is 58.0 Å². The summed E-state index contributed by atoms with van der Waals surface area (Å²) in [6.45, 7) is 8.59. The molecular weight excluding hydrogens is 242 g/mol. The Morgan fingerprint density at radius 1 is 0.800 bits per heavy atom. The van der Waals surface area contributed by atoms with Gasteiger partial charge in [-0.15, -0.1) is 0 Å². The Morgan fingerprint density at radius 2 is 1.30 bits per heavy atom. The Morgan fingerprint density at radius 3 is 1.70 bits per heavy atom. The van der Waals surface area contributed by atoms with Crippen LogP contribution in [0, 0.1) is 11.3 Å². The van der Waals surface area contributed by atoms with Crippen molar-refractivity contribution in [1.29, 1.82) is 5.26 Å². The van der Waals surface area contributed by atoms with Crippen molar-refractivity contribution < 1.29 is 0 Å². The summed E-state index contributed by atoms with van der Waals surface area (Å²) in [6, 6.07) is 17.1. The van der Waals surface area contributed by atoms with Crippen molar-refractivity contribution in [3.05, 3.63) is 59.2 Å². The summed E-state index contributed by atoms with van der Waals surface area (Å²) in [5, 5.41) is 9.51. The zero-order valence-electron chi connectivity index (χ0n) is 12.6. The van der Waals surface area contributed by atoms with Crippen LogP contribution in [0.15, 0.2) is 42.5 Å². The average molecular weight is 263 g/mol. The lowest BCUT2D eigenvalue weighted by atomic mass is 9.86. The molecule has 0 heterocycles. The molecule has 0 aliphatic carbocycles. The SMILES string of the molecule is CC(C)c1cc(-c2ccccc2)cc(C(C)C)c1C#N. The molecule has 0 aliphatic heterocycles. The van der Waals surface area contributed by atoms with Crippen LogP contribution in [-0.2, 0) is 0 Å². The Kier molecular flexibility index (Phi) is 4.25. The van der Waals surface area contributed by atoms with E-state index in [0.29, 0.717) is 11.8 Å². The van der Waals surface area contributed by atoms with Crippen LogP contribution in [-0.4, -0.2) is 0 Å². The second kappa shape index (κ2) is 5.92. The molecular formula is C19H21N. The second-order valence-corrected chi connectivity index (χ2v) is 5.82. The van der Waals surface area contributed by atoms with Crippen molar-refractivity contribution in [3.63, 3.8) is 0 Å². The standard InChI is InChI=1S/C19H21N/c1-13(2)17-10-16(15-8-6-5-7-9-15)11-18(14(3)4)19(17)12-20/h5-11,13-14H,1-4H3. The molecule has 0 N–H and O–H groups in total. The smallest absolute Gasteiger partial charge is 0.0997 e. The molecule has 0 radical (unpaired) electrons. The van der Waals surface area contributed by atoms with Gasteiger partial charge in [-0.05, 0) is 46.2 Å². The molecule has 0 spiro atoms. The monoisotopic (exact) mass is 263 g/mol. The third-order valence-corrected chi connectivity index (χ3v) is 3.66. The summed E-state index contributed by atoms with van der Waals surface area (Å²) in [5.41, 5.74) is 5.57. The number of rotatable bonds is 3. The topological polar surface area (TPSA) is 23.8 Å². The highest BCUT2D eigenvalue weighted by Gasteiger charge is 2.16. The van der Waals surface area contributed by atoms with Crippen molar-refractivity contribution in [2.75, 3.05) is 0 Å². The van der Waals surface area contributed by atoms with Crippen LogP contribution >= 0.6 is 0 Å². The van der Waals surface area contributed by atoms with E-state index >= 15 is 0 Å². The first kappa shape index (κ1) is 14.3. The highest BCUT2D eigenvalue weighted by atomic mass is 14.3. The minimum Gasteiger partial charge on any atom is -0.192 e. The van der Waals surface area contributed by atoms with Gasteiger partial charge in [0.1, 0.15) is 0 Å². The quantitative estimate of drug-likeness (QED) is 0.720. The number of hydrogen-bond acceptors (Lipinski definition) is 1. The molecule has 2 rings (SSSR count). The summed E-state index contributed by atoms with van der Waals surface area (Å²) >= 11 is 0. The lowest BCUT2D eigenvalue weighted by molar-refractivity contribution is 0.827. The van der Waals surface area contributed by atoms with Gasteiger partial charge in [0.25, 0.3) is 0 Å². The van der Waals surface area contributed by atoms with E-state index in [9.17, 15) is 5.26 Å². The molecule has 1 nitrogen and oxygen atoms in total. The summed E-state index contributed by atoms with van der Waals surface area (Å²) in [7, 11) is 0. The van der Waals surface area contributed by atoms with Crippen LogP contribution < -0.4 is 0 Å². The van der Waals surface area contributed by atoms with Crippen LogP contribution in [0.25, 0.3) is 11.1 Å². The van der Waals surface area contributed by atoms with Gasteiger partial charge in [0, 0.05) is 0 Å². The Labute approximate surface area is 121 Å². The Bertz CT molecular complexity index is 602. The first-order chi connectivity index (χ1) is 9.54. The van der Waals surface area contributed by atoms with Gasteiger partial charge in [-0.3, -0.25) is 0 Å². The van der Waals surface area contributed by atoms with Crippen LogP contribution in [0.2, 0.25) is 0 Å². The van der Waals surface area contributed by atoms with E-state index in [0.717, 1.165) is 16.7 Å². The van der Waals surface area contributed by atoms with Gasteiger partial charge >= 0.3 is 0 Å². The molecule has 0 amide bonds. The van der Waals surface area contributed by atoms with Crippen molar-refractivity contribution in [3.8, 4) is 17.2 Å². The molecule has 0 atom stereocenters. The van der Waals surface area contributed by atoms with E-state index in [2.05, 4.69) is 70.2 Å². The van der Waals surface area contributed by atoms with Crippen LogP contribution in [0.3, 0.4) is 0 Å². The van der Waals surface area contributed by atoms with Crippen molar-refractivity contribution in [2.24, 2.45) is 0 Å². The molecule has 20 heavy (non-hydrogen) atoms. The normalized spacial score (nSPS) is 10.8. The number of hydrogen-bond donors (Lipinski definition) is 0. The van der Waals surface area contributed by atoms with Crippen LogP contribution in [0.1, 0.15) is 56.2 Å². The molecule has 1 heteroatoms. The fourth-order valence-electron chi connectivity index (χ4n) is 2.52. The van der Waals surface area contributed by atoms with Gasteiger partial charge in [0.05, 0.1) is 11.6 Å². The molecule has 0 saturated carbocycles. The molecule has 0 aliphatic rings. The highest BCUT2D eigenvalue weighted by molar-refractivity contribution is 5.68. The van der Waals surface area contributed by atoms with E-state index in [1.54, 1.807) is 0 Å². The van der Waals surface area contributed by atoms with E-state index in [4.69, 9.17) is 0 Å². The molecule has 0 fully saturated rings. The minimum absolute atomic E-state index is 0.353. The van der Waals surface area contributed by atoms with E-state index in [-0.39, 0.29) is 0 Å². The summed E-state index contributed by atoms with van der Waals surface area (Å²) in [6.07, 6.45) is 0. The Hall–Kier alpha value is -2.07. The molecule has 2 aromatic carbocycles. The fourth-order valence-corrected chi connectivity index (χ4v) is 2.52. The first-order valence-corrected chi connectivity index (χ1v) is 7.18. The third-order valence-electron chi connectivity index (χ3n) is 3.66. The zero-order chi connectivity index (χ0) is 14.7. The first-order valence-electron chi connectivity index (χ1n) is 7.18. The summed E-state index contributed by atoms with van der Waals surface area (Å²) in [4.78, 5) is 0. The van der Waals surface area contributed by atoms with Gasteiger partial charge in [0.2, 0.25) is 0 Å². The van der Waals surface area contributed by atoms with E-state index in [1.807, 2.05) is 6.07 Å². The molecule has 0 bridgehead atoms. The molecule has 0 saturated heterocycles. The van der Waals surface area contributed by atoms with Crippen molar-refractivity contribution in [1.82, 2.24) is 0 Å². The number of nitriles is 1. The predicted octanol–water partition coefficient (Wildman–Crippen LogP) is 5.47. The lowest BCUT2D eigenvalue weighted by Gasteiger charge is -2.17. The average Bonchev–Trinajstić information content (AvgIpc) is 2.46. The maximum atomic E-state index is 9.51. The van der Waals surface area contributed by atoms with E-state index < -0.39 is 0 Å². The predicted molar refractivity (Wildman–Crippen MR) is 84.8 cm³/mol. The minimum atomic E-state index is 0.353. The van der Waals surface area contributed by atoms with Gasteiger partial charge in [-0.2, -0.15) is 5.26 Å².